The van der Waals surface area contributed by atoms with E-state index in [2.05, 4.69) is 73.0 Å². The first-order valence-electron chi connectivity index (χ1n) is 20.5. The number of benzene rings is 1. The zero-order chi connectivity index (χ0) is 40.5. The summed E-state index contributed by atoms with van der Waals surface area (Å²) in [5, 5.41) is 38.2. The molecule has 0 spiro atoms. The number of carbonyl (C=O) groups is 1. The summed E-state index contributed by atoms with van der Waals surface area (Å²) in [6.45, 7) is 13.0. The van der Waals surface area contributed by atoms with Crippen LogP contribution < -0.4 is 10.2 Å². The molecule has 0 amide bonds. The first-order chi connectivity index (χ1) is 27.8. The minimum Gasteiger partial charge on any atom is -0.476 e. The third-order valence-corrected chi connectivity index (χ3v) is 15.0. The average Bonchev–Trinajstić information content (AvgIpc) is 3.74. The van der Waals surface area contributed by atoms with Crippen LogP contribution in [0.1, 0.15) is 92.5 Å². The van der Waals surface area contributed by atoms with E-state index in [4.69, 9.17) is 19.8 Å². The molecule has 306 valence electrons. The molecule has 4 fully saturated rings. The molecule has 0 saturated heterocycles. The predicted octanol–water partition coefficient (Wildman–Crippen LogP) is 8.66. The fourth-order valence-electron chi connectivity index (χ4n) is 12.0. The highest BCUT2D eigenvalue weighted by molar-refractivity contribution is 14.1. The number of hydrogen-bond acceptors (Lipinski definition) is 12. The van der Waals surface area contributed by atoms with Crippen LogP contribution in [0.15, 0.2) is 42.6 Å². The normalized spacial score (nSPS) is 26.2. The van der Waals surface area contributed by atoms with Crippen LogP contribution in [0.2, 0.25) is 0 Å². The van der Waals surface area contributed by atoms with Crippen LogP contribution in [-0.2, 0) is 17.7 Å². The Morgan fingerprint density at radius 2 is 1.79 bits per heavy atom. The van der Waals surface area contributed by atoms with Gasteiger partial charge in [-0.15, -0.1) is 10.2 Å². The Bertz CT molecular complexity index is 2330. The molecule has 10 rings (SSSR count). The molecule has 4 aliphatic carbocycles. The fourth-order valence-corrected chi connectivity index (χ4v) is 13.4. The van der Waals surface area contributed by atoms with Crippen LogP contribution in [0, 0.1) is 30.1 Å². The lowest BCUT2D eigenvalue weighted by Crippen LogP contribution is -2.64. The number of thiazole rings is 1. The van der Waals surface area contributed by atoms with Crippen molar-refractivity contribution in [3.05, 3.63) is 65.1 Å². The summed E-state index contributed by atoms with van der Waals surface area (Å²) >= 11 is 3.92. The molecule has 4 aromatic heterocycles. The van der Waals surface area contributed by atoms with E-state index in [1.54, 1.807) is 11.3 Å². The van der Waals surface area contributed by atoms with E-state index < -0.39 is 5.97 Å². The van der Waals surface area contributed by atoms with Crippen molar-refractivity contribution in [2.45, 2.75) is 97.6 Å². The Morgan fingerprint density at radius 3 is 2.55 bits per heavy atom. The molecular formula is C43H52IN9O4S. The van der Waals surface area contributed by atoms with E-state index in [1.165, 1.54) is 6.42 Å². The average molecular weight is 918 g/mol. The van der Waals surface area contributed by atoms with Crippen molar-refractivity contribution in [3.8, 4) is 11.1 Å². The number of aliphatic hydroxyl groups is 1. The first-order valence-corrected chi connectivity index (χ1v) is 22.3. The summed E-state index contributed by atoms with van der Waals surface area (Å²) in [5.41, 5.74) is 5.57. The maximum absolute atomic E-state index is 12.9. The van der Waals surface area contributed by atoms with Gasteiger partial charge in [0, 0.05) is 83.6 Å². The second kappa shape index (κ2) is 15.0. The van der Waals surface area contributed by atoms with Gasteiger partial charge in [0.2, 0.25) is 0 Å². The van der Waals surface area contributed by atoms with Crippen LogP contribution in [0.3, 0.4) is 0 Å². The number of aromatic carboxylic acids is 1. The largest absolute Gasteiger partial charge is 0.476 e. The molecule has 5 aliphatic rings. The number of aromatic nitrogens is 6. The molecule has 15 heteroatoms. The molecule has 1 aliphatic heterocycles. The maximum Gasteiger partial charge on any atom is 0.355 e. The Hall–Kier alpha value is -3.77. The van der Waals surface area contributed by atoms with Crippen LogP contribution in [-0.4, -0.2) is 87.7 Å². The summed E-state index contributed by atoms with van der Waals surface area (Å²) in [4.78, 5) is 24.4. The number of aliphatic hydroxyl groups excluding tert-OH is 1. The van der Waals surface area contributed by atoms with Gasteiger partial charge in [-0.2, -0.15) is 5.10 Å². The van der Waals surface area contributed by atoms with Crippen LogP contribution in [0.4, 0.5) is 22.6 Å². The van der Waals surface area contributed by atoms with Gasteiger partial charge in [0.25, 0.3) is 0 Å². The third-order valence-electron chi connectivity index (χ3n) is 13.1. The summed E-state index contributed by atoms with van der Waals surface area (Å²) in [6, 6.07) is 11.8. The number of carboxylic acid groups (broad SMARTS) is 1. The van der Waals surface area contributed by atoms with E-state index in [9.17, 15) is 15.0 Å². The molecule has 4 saturated carbocycles. The number of pyridine rings is 1. The van der Waals surface area contributed by atoms with E-state index in [-0.39, 0.29) is 34.1 Å². The number of rotatable bonds is 14. The van der Waals surface area contributed by atoms with Gasteiger partial charge < -0.3 is 25.2 Å². The molecule has 13 nitrogen and oxygen atoms in total. The molecule has 4 atom stereocenters. The van der Waals surface area contributed by atoms with Gasteiger partial charge in [-0.1, -0.05) is 37.3 Å². The number of halogens is 1. The second-order valence-corrected chi connectivity index (χ2v) is 20.6. The minimum absolute atomic E-state index is 0.00319. The molecule has 0 radical (unpaired) electrons. The SMILES string of the molecule is Cc1c(Nc2nc3ccccc3s2)nnc2c1CCCN2c1ccc(-c2cnn(CC34CC5(OCCN(I)CCCO)C[C@](C)(C3)C[C@](C)(C4)C5)c2C)c(C(=O)O)n1. The number of nitrogens with one attached hydrogen (secondary N) is 1. The van der Waals surface area contributed by atoms with Gasteiger partial charge in [0.1, 0.15) is 5.82 Å². The van der Waals surface area contributed by atoms with Crippen molar-refractivity contribution in [2.24, 2.45) is 16.2 Å². The third kappa shape index (κ3) is 7.39. The molecule has 5 aromatic rings. The Balaban J connectivity index is 0.959. The lowest BCUT2D eigenvalue weighted by Gasteiger charge is -2.69. The van der Waals surface area contributed by atoms with Crippen LogP contribution in [0.25, 0.3) is 21.3 Å². The Labute approximate surface area is 357 Å². The highest BCUT2D eigenvalue weighted by atomic mass is 127. The van der Waals surface area contributed by atoms with Gasteiger partial charge in [-0.05, 0) is 112 Å². The fraction of sp³-hybridized carbons (Fsp3) is 0.535. The standard InChI is InChI=1S/C43H52IN9O4S/c1-27-29-9-7-15-52(37(29)50-49-36(27)48-39-46-32-10-5-6-11-33(32)58-39)34-13-12-30(35(47-34)38(55)56)31-19-45-53(28(31)2)26-42-21-40(3)20-41(4,22-42)24-43(23-40,25-42)57-18-16-51(44)14-8-17-54/h5-6,10-13,19,54H,7-9,14-18,20-26H2,1-4H3,(H,55,56)(H,46,48,49)/t40-,41+,42?,43?. The molecule has 5 heterocycles. The zero-order valence-corrected chi connectivity index (χ0v) is 36.7. The highest BCUT2D eigenvalue weighted by Crippen LogP contribution is 2.72. The first kappa shape index (κ1) is 39.7. The molecule has 1 aromatic carbocycles. The number of hydrogen-bond donors (Lipinski definition) is 3. The van der Waals surface area contributed by atoms with Crippen molar-refractivity contribution in [1.29, 1.82) is 0 Å². The van der Waals surface area contributed by atoms with Crippen molar-refractivity contribution >= 4 is 73.0 Å². The molecule has 4 bridgehead atoms. The number of nitrogens with zero attached hydrogens (tertiary/aromatic N) is 8. The molecular weight excluding hydrogens is 866 g/mol. The smallest absolute Gasteiger partial charge is 0.355 e. The summed E-state index contributed by atoms with van der Waals surface area (Å²) in [6.07, 6.45) is 11.0. The number of para-hydroxylation sites is 1. The summed E-state index contributed by atoms with van der Waals surface area (Å²) in [5.74, 6) is 0.819. The van der Waals surface area contributed by atoms with E-state index in [0.29, 0.717) is 36.2 Å². The van der Waals surface area contributed by atoms with Gasteiger partial charge in [-0.3, -0.25) is 4.68 Å². The van der Waals surface area contributed by atoms with E-state index >= 15 is 0 Å². The van der Waals surface area contributed by atoms with Crippen molar-refractivity contribution < 1.29 is 19.7 Å². The lowest BCUT2D eigenvalue weighted by molar-refractivity contribution is -0.248. The molecule has 58 heavy (non-hydrogen) atoms. The minimum atomic E-state index is -1.08. The van der Waals surface area contributed by atoms with E-state index in [1.807, 2.05) is 48.4 Å². The predicted molar refractivity (Wildman–Crippen MR) is 234 cm³/mol. The topological polar surface area (TPSA) is 155 Å². The number of ether oxygens (including phenoxy) is 1. The summed E-state index contributed by atoms with van der Waals surface area (Å²) in [7, 11) is 0. The van der Waals surface area contributed by atoms with Crippen molar-refractivity contribution in [1.82, 2.24) is 33.1 Å². The Kier molecular flexibility index (Phi) is 10.3. The maximum atomic E-state index is 12.9. The van der Waals surface area contributed by atoms with Gasteiger partial charge in [-0.25, -0.2) is 17.9 Å². The van der Waals surface area contributed by atoms with Crippen molar-refractivity contribution in [3.63, 3.8) is 0 Å². The highest BCUT2D eigenvalue weighted by Gasteiger charge is 2.66. The number of fused-ring (bicyclic) bond motifs is 2. The zero-order valence-electron chi connectivity index (χ0n) is 33.7. The van der Waals surface area contributed by atoms with Gasteiger partial charge >= 0.3 is 5.97 Å². The lowest BCUT2D eigenvalue weighted by atomic mass is 9.39. The van der Waals surface area contributed by atoms with Crippen LogP contribution >= 0.6 is 34.2 Å². The molecule has 2 unspecified atom stereocenters. The number of anilines is 4. The Morgan fingerprint density at radius 1 is 1.00 bits per heavy atom. The summed E-state index contributed by atoms with van der Waals surface area (Å²) < 4.78 is 12.4. The van der Waals surface area contributed by atoms with Gasteiger partial charge in [0.15, 0.2) is 22.5 Å². The van der Waals surface area contributed by atoms with E-state index in [0.717, 1.165) is 109 Å². The van der Waals surface area contributed by atoms with Crippen LogP contribution in [0.5, 0.6) is 0 Å². The quantitative estimate of drug-likeness (QED) is 0.0722. The number of carboxylic acids is 1. The van der Waals surface area contributed by atoms with Crippen molar-refractivity contribution in [2.75, 3.05) is 43.1 Å². The van der Waals surface area contributed by atoms with Gasteiger partial charge in [0.05, 0.1) is 28.6 Å². The monoisotopic (exact) mass is 917 g/mol. The molecule has 3 N–H and O–H groups in total. The second-order valence-electron chi connectivity index (χ2n) is 18.2.